The third-order valence-electron chi connectivity index (χ3n) is 11.6. The van der Waals surface area contributed by atoms with Crippen LogP contribution in [-0.4, -0.2) is 0 Å². The molecule has 9 aromatic carbocycles. The molecule has 0 saturated carbocycles. The zero-order valence-electron chi connectivity index (χ0n) is 27.1. The average Bonchev–Trinajstić information content (AvgIpc) is 3.64. The fourth-order valence-corrected chi connectivity index (χ4v) is 10.8. The fourth-order valence-electron chi connectivity index (χ4n) is 9.64. The highest BCUT2D eigenvalue weighted by atomic mass is 32.2. The van der Waals surface area contributed by atoms with Crippen molar-refractivity contribution in [2.24, 2.45) is 0 Å². The molecule has 0 aromatic heterocycles. The van der Waals surface area contributed by atoms with Gasteiger partial charge in [0.2, 0.25) is 0 Å². The van der Waals surface area contributed by atoms with Crippen molar-refractivity contribution >= 4 is 44.1 Å². The van der Waals surface area contributed by atoms with E-state index in [9.17, 15) is 0 Å². The van der Waals surface area contributed by atoms with Gasteiger partial charge in [-0.05, 0) is 124 Å². The van der Waals surface area contributed by atoms with Crippen LogP contribution in [-0.2, 0) is 5.41 Å². The largest absolute Gasteiger partial charge is 0.0888 e. The summed E-state index contributed by atoms with van der Waals surface area (Å²) in [5.74, 6) is 0. The molecule has 0 nitrogen and oxygen atoms in total. The first kappa shape index (κ1) is 27.0. The molecule has 50 heavy (non-hydrogen) atoms. The Morgan fingerprint density at radius 2 is 1.02 bits per heavy atom. The SMILES string of the molecule is c1ccc2c(c1)Sc1ccc(-c3ccc4c(c3)C3(c5ccccc5-4)c4cc5ccccc5cc4-c4c3ccc3ccccc43)c3cccc-2c13. The minimum Gasteiger partial charge on any atom is -0.0888 e. The quantitative estimate of drug-likeness (QED) is 0.171. The molecule has 9 aromatic rings. The van der Waals surface area contributed by atoms with Gasteiger partial charge >= 0.3 is 0 Å². The molecule has 1 atom stereocenters. The van der Waals surface area contributed by atoms with Crippen molar-refractivity contribution in [1.82, 2.24) is 0 Å². The molecule has 0 N–H and O–H groups in total. The molecule has 0 radical (unpaired) electrons. The summed E-state index contributed by atoms with van der Waals surface area (Å²) in [6.45, 7) is 0. The van der Waals surface area contributed by atoms with Gasteiger partial charge in [0, 0.05) is 15.2 Å². The topological polar surface area (TPSA) is 0 Å². The van der Waals surface area contributed by atoms with Gasteiger partial charge in [0.15, 0.2) is 0 Å². The second-order valence-electron chi connectivity index (χ2n) is 13.9. The Labute approximate surface area is 294 Å². The fraction of sp³-hybridized carbons (Fsp3) is 0.0204. The van der Waals surface area contributed by atoms with Crippen LogP contribution in [0.3, 0.4) is 0 Å². The van der Waals surface area contributed by atoms with Crippen LogP contribution in [0.2, 0.25) is 0 Å². The summed E-state index contributed by atoms with van der Waals surface area (Å²) >= 11 is 1.89. The first-order valence-corrected chi connectivity index (χ1v) is 18.2. The molecule has 0 fully saturated rings. The van der Waals surface area contributed by atoms with Gasteiger partial charge in [0.25, 0.3) is 0 Å². The van der Waals surface area contributed by atoms with Crippen LogP contribution < -0.4 is 0 Å². The summed E-state index contributed by atoms with van der Waals surface area (Å²) in [5, 5.41) is 7.85. The van der Waals surface area contributed by atoms with Gasteiger partial charge < -0.3 is 0 Å². The smallest absolute Gasteiger partial charge is 0.0726 e. The van der Waals surface area contributed by atoms with Crippen LogP contribution in [0.15, 0.2) is 180 Å². The Balaban J connectivity index is 1.19. The number of benzene rings is 9. The Morgan fingerprint density at radius 1 is 0.340 bits per heavy atom. The van der Waals surface area contributed by atoms with Crippen LogP contribution >= 0.6 is 11.8 Å². The third-order valence-corrected chi connectivity index (χ3v) is 12.8. The standard InChI is InChI=1S/C49H28S/c1-2-12-31-27-44-40(26-30(31)11-1)47-34-13-4-3-10-29(34)21-24-42(47)49(44)41-18-7-5-14-35(41)36-22-20-32(28-43(36)49)33-23-25-46-48-38(33)16-9-17-39(48)37-15-6-8-19-45(37)50-46/h1-28H. The molecular formula is C49H28S. The normalized spacial score (nSPS) is 16.0. The first-order chi connectivity index (χ1) is 24.8. The Bertz CT molecular complexity index is 2970. The Kier molecular flexibility index (Phi) is 5.20. The number of rotatable bonds is 1. The Morgan fingerprint density at radius 3 is 1.94 bits per heavy atom. The van der Waals surface area contributed by atoms with E-state index in [2.05, 4.69) is 170 Å². The molecule has 0 saturated heterocycles. The minimum absolute atomic E-state index is 0.429. The van der Waals surface area contributed by atoms with E-state index < -0.39 is 5.41 Å². The molecule has 1 unspecified atom stereocenters. The molecule has 12 rings (SSSR count). The monoisotopic (exact) mass is 648 g/mol. The van der Waals surface area contributed by atoms with E-state index in [1.807, 2.05) is 11.8 Å². The van der Waals surface area contributed by atoms with Gasteiger partial charge in [0.05, 0.1) is 5.41 Å². The van der Waals surface area contributed by atoms with E-state index in [0.717, 1.165) is 0 Å². The van der Waals surface area contributed by atoms with Gasteiger partial charge in [-0.15, -0.1) is 0 Å². The van der Waals surface area contributed by atoms with Crippen molar-refractivity contribution in [3.8, 4) is 44.5 Å². The molecule has 1 spiro atoms. The molecular weight excluding hydrogens is 621 g/mol. The summed E-state index contributed by atoms with van der Waals surface area (Å²) in [4.78, 5) is 2.66. The second kappa shape index (κ2) is 9.63. The van der Waals surface area contributed by atoms with E-state index in [1.54, 1.807) is 0 Å². The summed E-state index contributed by atoms with van der Waals surface area (Å²) in [6, 6.07) is 64.3. The van der Waals surface area contributed by atoms with E-state index >= 15 is 0 Å². The van der Waals surface area contributed by atoms with Crippen LogP contribution in [0.25, 0.3) is 76.8 Å². The van der Waals surface area contributed by atoms with E-state index in [0.29, 0.717) is 0 Å². The van der Waals surface area contributed by atoms with Crippen LogP contribution in [0, 0.1) is 0 Å². The zero-order chi connectivity index (χ0) is 32.6. The molecule has 3 aliphatic rings. The van der Waals surface area contributed by atoms with E-state index in [1.165, 1.54) is 109 Å². The predicted octanol–water partition coefficient (Wildman–Crippen LogP) is 13.3. The van der Waals surface area contributed by atoms with Crippen molar-refractivity contribution in [2.75, 3.05) is 0 Å². The van der Waals surface area contributed by atoms with Crippen molar-refractivity contribution in [2.45, 2.75) is 15.2 Å². The first-order valence-electron chi connectivity index (χ1n) is 17.4. The predicted molar refractivity (Wildman–Crippen MR) is 210 cm³/mol. The molecule has 0 amide bonds. The number of fused-ring (bicyclic) bond motifs is 15. The number of hydrogen-bond donors (Lipinski definition) is 0. The lowest BCUT2D eigenvalue weighted by molar-refractivity contribution is 0.796. The summed E-state index contributed by atoms with van der Waals surface area (Å²) in [7, 11) is 0. The number of hydrogen-bond acceptors (Lipinski definition) is 1. The Hall–Kier alpha value is -5.89. The molecule has 1 aliphatic heterocycles. The van der Waals surface area contributed by atoms with Gasteiger partial charge in [-0.1, -0.05) is 151 Å². The summed E-state index contributed by atoms with van der Waals surface area (Å²) in [6.07, 6.45) is 0. The third kappa shape index (κ3) is 3.29. The average molecular weight is 649 g/mol. The molecule has 0 bridgehead atoms. The van der Waals surface area contributed by atoms with E-state index in [4.69, 9.17) is 0 Å². The maximum absolute atomic E-state index is 2.53. The minimum atomic E-state index is -0.429. The van der Waals surface area contributed by atoms with Crippen LogP contribution in [0.1, 0.15) is 22.3 Å². The lowest BCUT2D eigenvalue weighted by Crippen LogP contribution is -2.26. The molecule has 1 heteroatoms. The van der Waals surface area contributed by atoms with Gasteiger partial charge in [-0.25, -0.2) is 0 Å². The van der Waals surface area contributed by atoms with Crippen molar-refractivity contribution in [3.05, 3.63) is 192 Å². The van der Waals surface area contributed by atoms with Crippen molar-refractivity contribution < 1.29 is 0 Å². The van der Waals surface area contributed by atoms with Gasteiger partial charge in [-0.3, -0.25) is 0 Å². The highest BCUT2D eigenvalue weighted by molar-refractivity contribution is 7.99. The molecule has 2 aliphatic carbocycles. The maximum atomic E-state index is 2.53. The molecule has 230 valence electrons. The second-order valence-corrected chi connectivity index (χ2v) is 15.0. The van der Waals surface area contributed by atoms with Gasteiger partial charge in [-0.2, -0.15) is 0 Å². The van der Waals surface area contributed by atoms with Crippen molar-refractivity contribution in [1.29, 1.82) is 0 Å². The lowest BCUT2D eigenvalue weighted by atomic mass is 9.70. The summed E-state index contributed by atoms with van der Waals surface area (Å²) < 4.78 is 0. The molecule has 1 heterocycles. The van der Waals surface area contributed by atoms with Gasteiger partial charge in [0.1, 0.15) is 0 Å². The lowest BCUT2D eigenvalue weighted by Gasteiger charge is -2.31. The summed E-state index contributed by atoms with van der Waals surface area (Å²) in [5.41, 5.74) is 15.7. The zero-order valence-corrected chi connectivity index (χ0v) is 27.9. The van der Waals surface area contributed by atoms with E-state index in [-0.39, 0.29) is 0 Å². The highest BCUT2D eigenvalue weighted by Gasteiger charge is 2.52. The highest BCUT2D eigenvalue weighted by Crippen LogP contribution is 2.64. The van der Waals surface area contributed by atoms with Crippen molar-refractivity contribution in [3.63, 3.8) is 0 Å². The van der Waals surface area contributed by atoms with Crippen LogP contribution in [0.4, 0.5) is 0 Å². The van der Waals surface area contributed by atoms with Crippen LogP contribution in [0.5, 0.6) is 0 Å². The maximum Gasteiger partial charge on any atom is 0.0726 e.